The lowest BCUT2D eigenvalue weighted by molar-refractivity contribution is -0.135. The molecule has 1 N–H and O–H groups in total. The average molecular weight is 201 g/mol. The predicted octanol–water partition coefficient (Wildman–Crippen LogP) is 1.76. The number of ether oxygens (including phenoxy) is 1. The van der Waals surface area contributed by atoms with Crippen LogP contribution in [0.25, 0.3) is 6.08 Å². The molecule has 15 heavy (non-hydrogen) atoms. The molecular weight excluding hydrogens is 189 g/mol. The van der Waals surface area contributed by atoms with Crippen LogP contribution < -0.4 is 5.23 Å². The molecule has 0 saturated carbocycles. The van der Waals surface area contributed by atoms with E-state index in [-0.39, 0.29) is 5.97 Å². The van der Waals surface area contributed by atoms with Gasteiger partial charge in [-0.05, 0) is 24.6 Å². The Morgan fingerprint density at radius 3 is 2.73 bits per heavy atom. The first-order chi connectivity index (χ1) is 7.19. The topological polar surface area (TPSA) is 38.3 Å². The van der Waals surface area contributed by atoms with Gasteiger partial charge in [0.1, 0.15) is 0 Å². The molecule has 0 spiro atoms. The first-order valence-electron chi connectivity index (χ1n) is 4.51. The molecular formula is C11H12BNO2. The number of benzene rings is 1. The maximum atomic E-state index is 11.2. The maximum absolute atomic E-state index is 11.2. The Morgan fingerprint density at radius 2 is 2.13 bits per heavy atom. The highest BCUT2D eigenvalue weighted by atomic mass is 16.5. The van der Waals surface area contributed by atoms with Crippen LogP contribution in [0.15, 0.2) is 29.8 Å². The van der Waals surface area contributed by atoms with Gasteiger partial charge in [0.15, 0.2) is 0 Å². The zero-order valence-electron chi connectivity index (χ0n) is 8.78. The fourth-order valence-corrected chi connectivity index (χ4v) is 1.21. The molecule has 0 fully saturated rings. The summed E-state index contributed by atoms with van der Waals surface area (Å²) in [6, 6.07) is 7.43. The van der Waals surface area contributed by atoms with Crippen molar-refractivity contribution in [3.8, 4) is 0 Å². The molecule has 2 radical (unpaired) electrons. The monoisotopic (exact) mass is 201 g/mol. The third-order valence-electron chi connectivity index (χ3n) is 2.00. The van der Waals surface area contributed by atoms with Gasteiger partial charge in [0.05, 0.1) is 7.11 Å². The zero-order chi connectivity index (χ0) is 11.3. The van der Waals surface area contributed by atoms with Crippen molar-refractivity contribution in [1.29, 1.82) is 0 Å². The van der Waals surface area contributed by atoms with Crippen molar-refractivity contribution >= 4 is 25.7 Å². The van der Waals surface area contributed by atoms with Crippen molar-refractivity contribution in [2.24, 2.45) is 0 Å². The molecule has 4 heteroatoms. The number of carbonyl (C=O) groups excluding carboxylic acids is 1. The van der Waals surface area contributed by atoms with E-state index in [1.54, 1.807) is 13.0 Å². The van der Waals surface area contributed by atoms with Gasteiger partial charge in [0, 0.05) is 11.3 Å². The SMILES string of the molecule is [B]Nc1ccccc1/C=C(\C)C(=O)OC. The van der Waals surface area contributed by atoms with E-state index in [2.05, 4.69) is 9.96 Å². The quantitative estimate of drug-likeness (QED) is 0.460. The fourth-order valence-electron chi connectivity index (χ4n) is 1.21. The lowest BCUT2D eigenvalue weighted by atomic mass is 10.1. The number of anilines is 1. The second-order valence-corrected chi connectivity index (χ2v) is 3.05. The highest BCUT2D eigenvalue weighted by Gasteiger charge is 2.04. The van der Waals surface area contributed by atoms with Gasteiger partial charge in [0.2, 0.25) is 7.98 Å². The van der Waals surface area contributed by atoms with Gasteiger partial charge < -0.3 is 9.96 Å². The fraction of sp³-hybridized carbons (Fsp3) is 0.182. The average Bonchev–Trinajstić information content (AvgIpc) is 2.28. The minimum atomic E-state index is -0.346. The molecule has 0 aliphatic rings. The molecule has 1 aromatic rings. The minimum absolute atomic E-state index is 0.346. The summed E-state index contributed by atoms with van der Waals surface area (Å²) >= 11 is 0. The van der Waals surface area contributed by atoms with Crippen molar-refractivity contribution in [3.63, 3.8) is 0 Å². The molecule has 0 aliphatic heterocycles. The van der Waals surface area contributed by atoms with Gasteiger partial charge in [0.25, 0.3) is 0 Å². The summed E-state index contributed by atoms with van der Waals surface area (Å²) in [5.41, 5.74) is 2.14. The van der Waals surface area contributed by atoms with Crippen LogP contribution in [0.2, 0.25) is 0 Å². The zero-order valence-corrected chi connectivity index (χ0v) is 8.78. The number of esters is 1. The van der Waals surface area contributed by atoms with Crippen LogP contribution in [-0.2, 0) is 9.53 Å². The largest absolute Gasteiger partial charge is 0.466 e. The Morgan fingerprint density at radius 1 is 1.47 bits per heavy atom. The Kier molecular flexibility index (Phi) is 3.97. The second-order valence-electron chi connectivity index (χ2n) is 3.05. The van der Waals surface area contributed by atoms with E-state index < -0.39 is 0 Å². The van der Waals surface area contributed by atoms with Crippen LogP contribution >= 0.6 is 0 Å². The summed E-state index contributed by atoms with van der Waals surface area (Å²) < 4.78 is 4.60. The summed E-state index contributed by atoms with van der Waals surface area (Å²) in [6.07, 6.45) is 1.72. The van der Waals surface area contributed by atoms with Crippen LogP contribution in [0, 0.1) is 0 Å². The molecule has 3 nitrogen and oxygen atoms in total. The van der Waals surface area contributed by atoms with Crippen molar-refractivity contribution in [3.05, 3.63) is 35.4 Å². The smallest absolute Gasteiger partial charge is 0.333 e. The molecule has 1 aromatic carbocycles. The molecule has 0 bridgehead atoms. The van der Waals surface area contributed by atoms with E-state index in [1.807, 2.05) is 24.3 Å². The predicted molar refractivity (Wildman–Crippen MR) is 61.5 cm³/mol. The number of carbonyl (C=O) groups is 1. The van der Waals surface area contributed by atoms with Crippen LogP contribution in [0.4, 0.5) is 5.69 Å². The van der Waals surface area contributed by atoms with Gasteiger partial charge in [-0.15, -0.1) is 0 Å². The van der Waals surface area contributed by atoms with E-state index in [4.69, 9.17) is 7.98 Å². The third kappa shape index (κ3) is 2.87. The number of methoxy groups -OCH3 is 1. The lowest BCUT2D eigenvalue weighted by Gasteiger charge is -2.05. The third-order valence-corrected chi connectivity index (χ3v) is 2.00. The van der Waals surface area contributed by atoms with E-state index >= 15 is 0 Å². The summed E-state index contributed by atoms with van der Waals surface area (Å²) in [5, 5.41) is 2.56. The molecule has 76 valence electrons. The van der Waals surface area contributed by atoms with E-state index in [0.29, 0.717) is 5.57 Å². The molecule has 0 atom stereocenters. The van der Waals surface area contributed by atoms with E-state index in [0.717, 1.165) is 11.3 Å². The van der Waals surface area contributed by atoms with Gasteiger partial charge in [-0.3, -0.25) is 0 Å². The van der Waals surface area contributed by atoms with E-state index in [9.17, 15) is 4.79 Å². The standard InChI is InChI=1S/C11H12BNO2/c1-8(11(14)15-2)7-9-5-3-4-6-10(9)13-12/h3-7,13H,1-2H3/b8-7+. The Bertz CT molecular complexity index is 388. The molecule has 1 rings (SSSR count). The van der Waals surface area contributed by atoms with Crippen LogP contribution in [0.5, 0.6) is 0 Å². The van der Waals surface area contributed by atoms with Crippen molar-refractivity contribution in [2.45, 2.75) is 6.92 Å². The molecule has 0 aliphatic carbocycles. The van der Waals surface area contributed by atoms with Gasteiger partial charge in [-0.1, -0.05) is 18.2 Å². The number of nitrogens with one attached hydrogen (secondary N) is 1. The van der Waals surface area contributed by atoms with Gasteiger partial charge >= 0.3 is 5.97 Å². The highest BCUT2D eigenvalue weighted by Crippen LogP contribution is 2.17. The molecule has 0 heterocycles. The number of hydrogen-bond donors (Lipinski definition) is 1. The van der Waals surface area contributed by atoms with Crippen LogP contribution in [0.3, 0.4) is 0 Å². The van der Waals surface area contributed by atoms with Crippen molar-refractivity contribution < 1.29 is 9.53 Å². The molecule has 0 saturated heterocycles. The second kappa shape index (κ2) is 5.24. The highest BCUT2D eigenvalue weighted by molar-refractivity contribution is 6.16. The van der Waals surface area contributed by atoms with Gasteiger partial charge in [-0.25, -0.2) is 4.79 Å². The van der Waals surface area contributed by atoms with Gasteiger partial charge in [-0.2, -0.15) is 0 Å². The van der Waals surface area contributed by atoms with Crippen molar-refractivity contribution in [2.75, 3.05) is 12.3 Å². The number of rotatable bonds is 3. The molecule has 0 amide bonds. The van der Waals surface area contributed by atoms with Crippen LogP contribution in [-0.4, -0.2) is 21.1 Å². The first-order valence-corrected chi connectivity index (χ1v) is 4.51. The molecule has 0 unspecified atom stereocenters. The van der Waals surface area contributed by atoms with Crippen LogP contribution in [0.1, 0.15) is 12.5 Å². The van der Waals surface area contributed by atoms with E-state index in [1.165, 1.54) is 7.11 Å². The Balaban J connectivity index is 3.02. The molecule has 0 aromatic heterocycles. The summed E-state index contributed by atoms with van der Waals surface area (Å²) in [5.74, 6) is -0.346. The summed E-state index contributed by atoms with van der Waals surface area (Å²) in [7, 11) is 6.69. The Labute approximate surface area is 90.6 Å². The minimum Gasteiger partial charge on any atom is -0.466 e. The lowest BCUT2D eigenvalue weighted by Crippen LogP contribution is -2.01. The summed E-state index contributed by atoms with van der Waals surface area (Å²) in [4.78, 5) is 11.2. The number of para-hydroxylation sites is 1. The summed E-state index contributed by atoms with van der Waals surface area (Å²) in [6.45, 7) is 1.69. The maximum Gasteiger partial charge on any atom is 0.333 e. The van der Waals surface area contributed by atoms with Crippen molar-refractivity contribution in [1.82, 2.24) is 0 Å². The number of hydrogen-bond acceptors (Lipinski definition) is 3. The first kappa shape index (κ1) is 11.4. The normalized spacial score (nSPS) is 10.9. The Hall–Kier alpha value is -1.71.